The highest BCUT2D eigenvalue weighted by molar-refractivity contribution is 7.26. The van der Waals surface area contributed by atoms with E-state index in [1.807, 2.05) is 47.2 Å². The van der Waals surface area contributed by atoms with Crippen molar-refractivity contribution in [3.05, 3.63) is 303 Å². The lowest BCUT2D eigenvalue weighted by atomic mass is 9.86. The molecule has 0 unspecified atom stereocenters. The summed E-state index contributed by atoms with van der Waals surface area (Å²) < 4.78 is 12.0. The van der Waals surface area contributed by atoms with Crippen molar-refractivity contribution in [2.24, 2.45) is 0 Å². The van der Waals surface area contributed by atoms with Crippen molar-refractivity contribution in [1.82, 2.24) is 9.97 Å². The summed E-state index contributed by atoms with van der Waals surface area (Å²) in [5.41, 5.74) is 19.7. The normalized spacial score (nSPS) is 12.2. The second-order valence-corrected chi connectivity index (χ2v) is 29.8. The number of furan rings is 1. The van der Waals surface area contributed by atoms with Crippen LogP contribution in [0.1, 0.15) is 52.7 Å². The van der Waals surface area contributed by atoms with Crippen LogP contribution >= 0.6 is 22.7 Å². The predicted octanol–water partition coefficient (Wildman–Crippen LogP) is 26.8. The molecule has 18 aromatic rings. The molecule has 0 bridgehead atoms. The topological polar surface area (TPSA) is 45.4 Å². The Kier molecular flexibility index (Phi) is 13.7. The molecule has 0 amide bonds. The first-order valence-electron chi connectivity index (χ1n) is 33.3. The van der Waals surface area contributed by atoms with Gasteiger partial charge in [-0.2, -0.15) is 0 Å². The van der Waals surface area contributed by atoms with Gasteiger partial charge in [-0.05, 0) is 204 Å². The van der Waals surface area contributed by atoms with E-state index < -0.39 is 0 Å². The summed E-state index contributed by atoms with van der Waals surface area (Å²) in [6, 6.07) is 103. The van der Waals surface area contributed by atoms with Crippen LogP contribution in [0.3, 0.4) is 0 Å². The van der Waals surface area contributed by atoms with E-state index in [1.54, 1.807) is 0 Å². The second-order valence-electron chi connectivity index (χ2n) is 27.7. The van der Waals surface area contributed by atoms with E-state index in [2.05, 4.69) is 318 Å². The second kappa shape index (κ2) is 22.7. The number of nitrogens with zero attached hydrogens (tertiary/aromatic N) is 4. The number of rotatable bonds is 10. The molecule has 0 aliphatic rings. The Morgan fingerprint density at radius 2 is 0.680 bits per heavy atom. The molecule has 5 heterocycles. The highest BCUT2D eigenvalue weighted by Gasteiger charge is 2.24. The first kappa shape index (κ1) is 58.4. The molecule has 0 saturated carbocycles. The van der Waals surface area contributed by atoms with Crippen LogP contribution in [-0.4, -0.2) is 9.97 Å². The van der Waals surface area contributed by atoms with Crippen molar-refractivity contribution in [1.29, 1.82) is 0 Å². The molecule has 5 nitrogen and oxygen atoms in total. The smallest absolute Gasteiger partial charge is 0.136 e. The van der Waals surface area contributed by atoms with Crippen LogP contribution in [0.2, 0.25) is 0 Å². The summed E-state index contributed by atoms with van der Waals surface area (Å²) >= 11 is 3.67. The summed E-state index contributed by atoms with van der Waals surface area (Å²) in [5, 5.41) is 14.0. The fourth-order valence-electron chi connectivity index (χ4n) is 14.6. The van der Waals surface area contributed by atoms with E-state index >= 15 is 0 Å². The minimum absolute atomic E-state index is 0.0525. The van der Waals surface area contributed by atoms with Crippen LogP contribution in [0, 0.1) is 0 Å². The molecule has 0 aliphatic carbocycles. The molecule has 18 rings (SSSR count). The van der Waals surface area contributed by atoms with Crippen molar-refractivity contribution in [2.75, 3.05) is 9.80 Å². The standard InChI is InChI=1S/C90H66N4OS2/c1-89(2,3)59-33-29-55(30-34-59)57-17-13-19-61(47-57)93(65-39-43-85-79(51-65)70-23-15-25-72(87(70)96-85)81-27-9-11-45-91-81)63-37-41-69-74(49-63)67-21-7-8-22-68(67)75-53-78-77-50-64(38-42-83(77)95-84(78)54-76(69)75)94(62-20-14-18-58(48-62)56-31-35-60(36-32-56)90(4,5)6)66-40-44-86-80(52-66)71-24-16-26-73(88(71)97-86)82-28-10-12-46-92-82/h7-54H,1-6H3. The third-order valence-electron chi connectivity index (χ3n) is 19.6. The molecule has 464 valence electrons. The molecular weight excluding hydrogens is 1220 g/mol. The van der Waals surface area contributed by atoms with Crippen molar-refractivity contribution in [3.63, 3.8) is 0 Å². The Balaban J connectivity index is 0.791. The first-order valence-corrected chi connectivity index (χ1v) is 34.9. The molecule has 13 aromatic carbocycles. The summed E-state index contributed by atoms with van der Waals surface area (Å²) in [4.78, 5) is 14.4. The van der Waals surface area contributed by atoms with E-state index in [4.69, 9.17) is 14.4 Å². The maximum Gasteiger partial charge on any atom is 0.136 e. The Morgan fingerprint density at radius 3 is 1.18 bits per heavy atom. The maximum atomic E-state index is 7.03. The van der Waals surface area contributed by atoms with Gasteiger partial charge < -0.3 is 14.2 Å². The average Bonchev–Trinajstić information content (AvgIpc) is 1.73. The van der Waals surface area contributed by atoms with Gasteiger partial charge in [0.05, 0.1) is 11.4 Å². The lowest BCUT2D eigenvalue weighted by Crippen LogP contribution is -2.10. The number of hydrogen-bond donors (Lipinski definition) is 0. The van der Waals surface area contributed by atoms with Crippen LogP contribution in [-0.2, 0) is 10.8 Å². The van der Waals surface area contributed by atoms with E-state index in [0.717, 1.165) is 100 Å². The summed E-state index contributed by atoms with van der Waals surface area (Å²) in [6.07, 6.45) is 3.76. The number of aromatic nitrogens is 2. The summed E-state index contributed by atoms with van der Waals surface area (Å²) in [7, 11) is 0. The minimum atomic E-state index is 0.0525. The van der Waals surface area contributed by atoms with E-state index in [0.29, 0.717) is 0 Å². The molecule has 0 atom stereocenters. The Morgan fingerprint density at radius 1 is 0.278 bits per heavy atom. The van der Waals surface area contributed by atoms with Crippen LogP contribution in [0.25, 0.3) is 139 Å². The van der Waals surface area contributed by atoms with Crippen molar-refractivity contribution in [3.8, 4) is 44.8 Å². The quantitative estimate of drug-likeness (QED) is 0.128. The Hall–Kier alpha value is -11.2. The van der Waals surface area contributed by atoms with Crippen LogP contribution in [0.4, 0.5) is 34.1 Å². The highest BCUT2D eigenvalue weighted by atomic mass is 32.1. The van der Waals surface area contributed by atoms with E-state index in [9.17, 15) is 0 Å². The molecule has 0 radical (unpaired) electrons. The monoisotopic (exact) mass is 1280 g/mol. The number of thiophene rings is 2. The summed E-state index contributed by atoms with van der Waals surface area (Å²) in [5.74, 6) is 0. The molecule has 97 heavy (non-hydrogen) atoms. The van der Waals surface area contributed by atoms with Gasteiger partial charge in [-0.25, -0.2) is 0 Å². The number of pyridine rings is 2. The van der Waals surface area contributed by atoms with Gasteiger partial charge in [-0.1, -0.05) is 193 Å². The molecule has 0 spiro atoms. The molecule has 0 saturated heterocycles. The third-order valence-corrected chi connectivity index (χ3v) is 22.1. The number of hydrogen-bond acceptors (Lipinski definition) is 7. The number of anilines is 6. The van der Waals surface area contributed by atoms with Crippen LogP contribution in [0.15, 0.2) is 296 Å². The van der Waals surface area contributed by atoms with E-state index in [1.165, 1.54) is 84.1 Å². The Labute approximate surface area is 571 Å². The number of benzene rings is 13. The highest BCUT2D eigenvalue weighted by Crippen LogP contribution is 2.49. The zero-order chi connectivity index (χ0) is 65.3. The molecule has 0 aliphatic heterocycles. The van der Waals surface area contributed by atoms with Gasteiger partial charge in [0.2, 0.25) is 0 Å². The molecule has 7 heteroatoms. The first-order chi connectivity index (χ1) is 47.3. The van der Waals surface area contributed by atoms with Gasteiger partial charge in [0, 0.05) is 109 Å². The lowest BCUT2D eigenvalue weighted by Gasteiger charge is -2.27. The third kappa shape index (κ3) is 10.1. The SMILES string of the molecule is CC(C)(C)c1ccc(-c2cccc(N(c3ccc4oc5cc6c7ccc(N(c8cccc(-c9ccc(C(C)(C)C)cc9)c8)c8ccc9sc%10c(-c%11ccccn%11)cccc%10c9c8)cc7c7ccccc7c6cc5c4c3)c3ccc4sc5c(-c6ccccn6)cccc5c4c3)c2)cc1. The predicted molar refractivity (Wildman–Crippen MR) is 416 cm³/mol. The van der Waals surface area contributed by atoms with Gasteiger partial charge in [-0.15, -0.1) is 22.7 Å². The zero-order valence-electron chi connectivity index (χ0n) is 54.7. The summed E-state index contributed by atoms with van der Waals surface area (Å²) in [6.45, 7) is 13.6. The Bertz CT molecular complexity index is 6150. The maximum absolute atomic E-state index is 7.03. The fourth-order valence-corrected chi connectivity index (χ4v) is 17.1. The van der Waals surface area contributed by atoms with Crippen molar-refractivity contribution >= 4 is 151 Å². The van der Waals surface area contributed by atoms with Crippen LogP contribution < -0.4 is 9.80 Å². The molecule has 5 aromatic heterocycles. The van der Waals surface area contributed by atoms with Gasteiger partial charge >= 0.3 is 0 Å². The van der Waals surface area contributed by atoms with Crippen LogP contribution in [0.5, 0.6) is 0 Å². The van der Waals surface area contributed by atoms with Crippen molar-refractivity contribution < 1.29 is 4.42 Å². The zero-order valence-corrected chi connectivity index (χ0v) is 56.4. The van der Waals surface area contributed by atoms with Gasteiger partial charge in [0.15, 0.2) is 0 Å². The molecular formula is C90H66N4OS2. The lowest BCUT2D eigenvalue weighted by molar-refractivity contribution is 0.590. The molecule has 0 fully saturated rings. The van der Waals surface area contributed by atoms with E-state index in [-0.39, 0.29) is 10.8 Å². The minimum Gasteiger partial charge on any atom is -0.456 e. The largest absolute Gasteiger partial charge is 0.456 e. The van der Waals surface area contributed by atoms with Gasteiger partial charge in [-0.3, -0.25) is 9.97 Å². The van der Waals surface area contributed by atoms with Crippen molar-refractivity contribution in [2.45, 2.75) is 52.4 Å². The molecule has 0 N–H and O–H groups in total. The average molecular weight is 1280 g/mol. The van der Waals surface area contributed by atoms with Gasteiger partial charge in [0.1, 0.15) is 11.2 Å². The number of fused-ring (bicyclic) bond motifs is 15. The fraction of sp³-hybridized carbons (Fsp3) is 0.0889. The van der Waals surface area contributed by atoms with Gasteiger partial charge in [0.25, 0.3) is 0 Å².